The van der Waals surface area contributed by atoms with Crippen molar-refractivity contribution < 1.29 is 9.90 Å². The van der Waals surface area contributed by atoms with Crippen LogP contribution in [0.15, 0.2) is 18.2 Å². The van der Waals surface area contributed by atoms with Crippen molar-refractivity contribution in [3.05, 3.63) is 33.5 Å². The van der Waals surface area contributed by atoms with Crippen LogP contribution in [0.1, 0.15) is 15.3 Å². The van der Waals surface area contributed by atoms with Gasteiger partial charge in [-0.2, -0.15) is 0 Å². The van der Waals surface area contributed by atoms with Crippen molar-refractivity contribution >= 4 is 17.3 Å². The van der Waals surface area contributed by atoms with E-state index in [4.69, 9.17) is 5.11 Å². The van der Waals surface area contributed by atoms with Crippen molar-refractivity contribution in [1.29, 1.82) is 0 Å². The minimum Gasteiger partial charge on any atom is -0.478 e. The van der Waals surface area contributed by atoms with E-state index in [9.17, 15) is 4.79 Å². The summed E-state index contributed by atoms with van der Waals surface area (Å²) in [5, 5.41) is 11.5. The summed E-state index contributed by atoms with van der Waals surface area (Å²) < 4.78 is 0. The summed E-state index contributed by atoms with van der Waals surface area (Å²) in [6.07, 6.45) is 2.76. The Hall–Kier alpha value is -1.13. The number of carboxylic acids is 1. The molecule has 0 radical (unpaired) electrons. The maximum absolute atomic E-state index is 10.2. The fourth-order valence-electron chi connectivity index (χ4n) is 1.18. The molecule has 0 aliphatic carbocycles. The van der Waals surface area contributed by atoms with Gasteiger partial charge in [0.1, 0.15) is 0 Å². The molecule has 4 heteroatoms. The van der Waals surface area contributed by atoms with Crippen molar-refractivity contribution in [3.63, 3.8) is 0 Å². The zero-order valence-corrected chi connectivity index (χ0v) is 9.73. The molecule has 0 bridgehead atoms. The molecule has 0 aliphatic rings. The Balaban J connectivity index is 2.29. The lowest BCUT2D eigenvalue weighted by atomic mass is 10.3. The zero-order chi connectivity index (χ0) is 11.3. The number of nitrogens with one attached hydrogen (secondary N) is 1. The van der Waals surface area contributed by atoms with Gasteiger partial charge in [-0.15, -0.1) is 11.3 Å². The van der Waals surface area contributed by atoms with Gasteiger partial charge >= 0.3 is 5.97 Å². The van der Waals surface area contributed by atoms with E-state index in [-0.39, 0.29) is 0 Å². The summed E-state index contributed by atoms with van der Waals surface area (Å²) >= 11 is 1.78. The Kier molecular flexibility index (Phi) is 4.52. The smallest absolute Gasteiger partial charge is 0.328 e. The molecular formula is C11H15NO2S. The summed E-state index contributed by atoms with van der Waals surface area (Å²) in [6, 6.07) is 2.16. The van der Waals surface area contributed by atoms with Gasteiger partial charge in [-0.1, -0.05) is 6.08 Å². The number of rotatable bonds is 5. The van der Waals surface area contributed by atoms with Gasteiger partial charge in [0, 0.05) is 28.9 Å². The Morgan fingerprint density at radius 1 is 1.60 bits per heavy atom. The second kappa shape index (κ2) is 5.68. The molecule has 1 rings (SSSR count). The molecule has 0 fully saturated rings. The van der Waals surface area contributed by atoms with Crippen LogP contribution in [-0.4, -0.2) is 17.6 Å². The van der Waals surface area contributed by atoms with E-state index in [2.05, 4.69) is 25.2 Å². The molecule has 0 spiro atoms. The van der Waals surface area contributed by atoms with Gasteiger partial charge in [0.15, 0.2) is 0 Å². The molecule has 0 amide bonds. The second-order valence-electron chi connectivity index (χ2n) is 3.32. The average molecular weight is 225 g/mol. The fraction of sp³-hybridized carbons (Fsp3) is 0.364. The van der Waals surface area contributed by atoms with E-state index in [0.717, 1.165) is 12.6 Å². The molecule has 3 nitrogen and oxygen atoms in total. The van der Waals surface area contributed by atoms with Crippen LogP contribution >= 0.6 is 11.3 Å². The van der Waals surface area contributed by atoms with Crippen molar-refractivity contribution in [2.45, 2.75) is 20.4 Å². The molecule has 0 saturated heterocycles. The highest BCUT2D eigenvalue weighted by molar-refractivity contribution is 7.12. The molecule has 0 atom stereocenters. The van der Waals surface area contributed by atoms with Crippen molar-refractivity contribution in [3.8, 4) is 0 Å². The van der Waals surface area contributed by atoms with Crippen LogP contribution in [-0.2, 0) is 11.3 Å². The van der Waals surface area contributed by atoms with Crippen LogP contribution in [0.2, 0.25) is 0 Å². The lowest BCUT2D eigenvalue weighted by molar-refractivity contribution is -0.131. The van der Waals surface area contributed by atoms with Gasteiger partial charge in [-0.25, -0.2) is 4.79 Å². The molecular weight excluding hydrogens is 210 g/mol. The predicted molar refractivity (Wildman–Crippen MR) is 62.3 cm³/mol. The lowest BCUT2D eigenvalue weighted by Crippen LogP contribution is -2.12. The van der Waals surface area contributed by atoms with Crippen molar-refractivity contribution in [1.82, 2.24) is 5.32 Å². The van der Waals surface area contributed by atoms with E-state index in [1.807, 2.05) is 0 Å². The molecule has 0 saturated carbocycles. The third-order valence-electron chi connectivity index (χ3n) is 2.04. The number of carbonyl (C=O) groups is 1. The average Bonchev–Trinajstić information content (AvgIpc) is 2.45. The minimum absolute atomic E-state index is 0.586. The first kappa shape index (κ1) is 11.9. The van der Waals surface area contributed by atoms with Gasteiger partial charge in [-0.3, -0.25) is 0 Å². The number of thiophene rings is 1. The lowest BCUT2D eigenvalue weighted by Gasteiger charge is -1.96. The molecule has 0 aliphatic heterocycles. The maximum Gasteiger partial charge on any atom is 0.328 e. The van der Waals surface area contributed by atoms with Crippen molar-refractivity contribution in [2.75, 3.05) is 6.54 Å². The highest BCUT2D eigenvalue weighted by Crippen LogP contribution is 2.19. The summed E-state index contributed by atoms with van der Waals surface area (Å²) in [5.74, 6) is -0.903. The Morgan fingerprint density at radius 3 is 2.87 bits per heavy atom. The molecule has 1 heterocycles. The first-order valence-corrected chi connectivity index (χ1v) is 5.57. The maximum atomic E-state index is 10.2. The number of aliphatic carboxylic acids is 1. The van der Waals surface area contributed by atoms with Crippen LogP contribution < -0.4 is 5.32 Å². The molecule has 82 valence electrons. The first-order chi connectivity index (χ1) is 7.09. The monoisotopic (exact) mass is 225 g/mol. The summed E-state index contributed by atoms with van der Waals surface area (Å²) in [6.45, 7) is 5.58. The van der Waals surface area contributed by atoms with Gasteiger partial charge in [-0.05, 0) is 25.5 Å². The topological polar surface area (TPSA) is 49.3 Å². The molecule has 0 unspecified atom stereocenters. The molecule has 1 aromatic heterocycles. The van der Waals surface area contributed by atoms with Gasteiger partial charge in [0.2, 0.25) is 0 Å². The first-order valence-electron chi connectivity index (χ1n) is 4.75. The predicted octanol–water partition coefficient (Wildman–Crippen LogP) is 2.10. The van der Waals surface area contributed by atoms with E-state index in [1.165, 1.54) is 15.3 Å². The summed E-state index contributed by atoms with van der Waals surface area (Å²) in [7, 11) is 0. The van der Waals surface area contributed by atoms with Crippen LogP contribution in [0.5, 0.6) is 0 Å². The fourth-order valence-corrected chi connectivity index (χ4v) is 2.20. The van der Waals surface area contributed by atoms with Crippen LogP contribution in [0.3, 0.4) is 0 Å². The van der Waals surface area contributed by atoms with Crippen molar-refractivity contribution in [2.24, 2.45) is 0 Å². The van der Waals surface area contributed by atoms with Crippen LogP contribution in [0.25, 0.3) is 0 Å². The molecule has 2 N–H and O–H groups in total. The van der Waals surface area contributed by atoms with E-state index in [1.54, 1.807) is 17.4 Å². The van der Waals surface area contributed by atoms with Gasteiger partial charge in [0.25, 0.3) is 0 Å². The molecule has 0 aromatic carbocycles. The van der Waals surface area contributed by atoms with E-state index in [0.29, 0.717) is 6.54 Å². The number of aryl methyl sites for hydroxylation is 2. The normalized spacial score (nSPS) is 11.1. The Morgan fingerprint density at radius 2 is 2.33 bits per heavy atom. The van der Waals surface area contributed by atoms with E-state index >= 15 is 0 Å². The molecule has 15 heavy (non-hydrogen) atoms. The minimum atomic E-state index is -0.903. The van der Waals surface area contributed by atoms with E-state index < -0.39 is 5.97 Å². The second-order valence-corrected chi connectivity index (χ2v) is 4.66. The van der Waals surface area contributed by atoms with Crippen LogP contribution in [0.4, 0.5) is 0 Å². The highest BCUT2D eigenvalue weighted by Gasteiger charge is 1.99. The Bertz CT molecular complexity index is 349. The van der Waals surface area contributed by atoms with Crippen LogP contribution in [0, 0.1) is 13.8 Å². The zero-order valence-electron chi connectivity index (χ0n) is 8.91. The Labute approximate surface area is 93.4 Å². The van der Waals surface area contributed by atoms with Gasteiger partial charge < -0.3 is 10.4 Å². The SMILES string of the molecule is Cc1cc(CNC/C=C/C(=O)O)sc1C. The standard InChI is InChI=1S/C11H15NO2S/c1-8-6-10(15-9(8)2)7-12-5-3-4-11(13)14/h3-4,6,12H,5,7H2,1-2H3,(H,13,14)/b4-3+. The third kappa shape index (κ3) is 4.27. The van der Waals surface area contributed by atoms with Gasteiger partial charge in [0.05, 0.1) is 0 Å². The quantitative estimate of drug-likeness (QED) is 0.596. The third-order valence-corrected chi connectivity index (χ3v) is 3.19. The number of carboxylic acid groups (broad SMARTS) is 1. The molecule has 1 aromatic rings. The summed E-state index contributed by atoms with van der Waals surface area (Å²) in [5.41, 5.74) is 1.32. The highest BCUT2D eigenvalue weighted by atomic mass is 32.1. The summed E-state index contributed by atoms with van der Waals surface area (Å²) in [4.78, 5) is 12.8. The largest absolute Gasteiger partial charge is 0.478 e. The number of hydrogen-bond acceptors (Lipinski definition) is 3. The number of hydrogen-bond donors (Lipinski definition) is 2.